The van der Waals surface area contributed by atoms with E-state index in [1.165, 1.54) is 4.90 Å². The van der Waals surface area contributed by atoms with Crippen molar-refractivity contribution in [3.8, 4) is 0 Å². The van der Waals surface area contributed by atoms with Crippen LogP contribution < -0.4 is 0 Å². The third-order valence-electron chi connectivity index (χ3n) is 3.93. The summed E-state index contributed by atoms with van der Waals surface area (Å²) >= 11 is 1.98. The lowest BCUT2D eigenvalue weighted by Gasteiger charge is -2.37. The van der Waals surface area contributed by atoms with Crippen LogP contribution in [-0.2, 0) is 9.47 Å². The molecule has 0 N–H and O–H groups in total. The zero-order valence-corrected chi connectivity index (χ0v) is 11.6. The lowest BCUT2D eigenvalue weighted by Crippen LogP contribution is -2.43. The van der Waals surface area contributed by atoms with Crippen LogP contribution in [-0.4, -0.2) is 30.2 Å². The standard InChI is InChI=1S/C15H20O2S/c1-12-11-14(18-13-5-3-2-4-6-13)15(17-12)7-9-16-10-8-15/h2-6,12,14H,7-11H2,1H3/t12-,14+/m1/s1. The first-order valence-corrected chi connectivity index (χ1v) is 7.64. The molecular formula is C15H20O2S. The fourth-order valence-corrected chi connectivity index (χ4v) is 4.53. The van der Waals surface area contributed by atoms with Gasteiger partial charge in [0.25, 0.3) is 0 Å². The average Bonchev–Trinajstić information content (AvgIpc) is 2.67. The van der Waals surface area contributed by atoms with E-state index in [0.717, 1.165) is 32.5 Å². The Hall–Kier alpha value is -0.510. The zero-order valence-electron chi connectivity index (χ0n) is 10.8. The van der Waals surface area contributed by atoms with Crippen LogP contribution in [0.1, 0.15) is 26.2 Å². The Morgan fingerprint density at radius 3 is 2.61 bits per heavy atom. The highest BCUT2D eigenvalue weighted by Gasteiger charge is 2.48. The summed E-state index contributed by atoms with van der Waals surface area (Å²) in [5.41, 5.74) is 0.0537. The summed E-state index contributed by atoms with van der Waals surface area (Å²) in [5.74, 6) is 0. The summed E-state index contributed by atoms with van der Waals surface area (Å²) in [4.78, 5) is 1.35. The van der Waals surface area contributed by atoms with Crippen LogP contribution >= 0.6 is 11.8 Å². The number of rotatable bonds is 2. The number of hydrogen-bond acceptors (Lipinski definition) is 3. The minimum atomic E-state index is 0.0537. The molecule has 2 saturated heterocycles. The first-order valence-electron chi connectivity index (χ1n) is 6.76. The molecule has 0 aromatic heterocycles. The lowest BCUT2D eigenvalue weighted by atomic mass is 9.90. The molecule has 1 aromatic carbocycles. The summed E-state index contributed by atoms with van der Waals surface area (Å²) in [6, 6.07) is 10.7. The summed E-state index contributed by atoms with van der Waals surface area (Å²) < 4.78 is 11.8. The molecule has 2 aliphatic rings. The van der Waals surface area contributed by atoms with Gasteiger partial charge in [-0.3, -0.25) is 0 Å². The summed E-state index contributed by atoms with van der Waals surface area (Å²) in [6.45, 7) is 3.89. The van der Waals surface area contributed by atoms with Crippen molar-refractivity contribution in [2.24, 2.45) is 0 Å². The third-order valence-corrected chi connectivity index (χ3v) is 5.38. The molecule has 1 spiro atoms. The van der Waals surface area contributed by atoms with Crippen molar-refractivity contribution in [3.05, 3.63) is 30.3 Å². The highest BCUT2D eigenvalue weighted by molar-refractivity contribution is 8.00. The van der Waals surface area contributed by atoms with Crippen LogP contribution in [0.4, 0.5) is 0 Å². The molecule has 3 heteroatoms. The van der Waals surface area contributed by atoms with Gasteiger partial charge < -0.3 is 9.47 Å². The maximum atomic E-state index is 6.27. The Bertz CT molecular complexity index is 387. The molecule has 0 bridgehead atoms. The van der Waals surface area contributed by atoms with E-state index in [9.17, 15) is 0 Å². The smallest absolute Gasteiger partial charge is 0.0852 e. The summed E-state index contributed by atoms with van der Waals surface area (Å²) in [7, 11) is 0. The SMILES string of the molecule is C[C@@H]1C[C@H](Sc2ccccc2)C2(CCOCC2)O1. The van der Waals surface area contributed by atoms with Crippen LogP contribution in [0.3, 0.4) is 0 Å². The molecule has 2 heterocycles. The predicted octanol–water partition coefficient (Wildman–Crippen LogP) is 3.51. The van der Waals surface area contributed by atoms with Crippen molar-refractivity contribution in [2.75, 3.05) is 13.2 Å². The fraction of sp³-hybridized carbons (Fsp3) is 0.600. The minimum absolute atomic E-state index is 0.0537. The second kappa shape index (κ2) is 5.24. The lowest BCUT2D eigenvalue weighted by molar-refractivity contribution is -0.0966. The number of ether oxygens (including phenoxy) is 2. The molecule has 2 atom stereocenters. The Kier molecular flexibility index (Phi) is 3.64. The molecule has 0 unspecified atom stereocenters. The van der Waals surface area contributed by atoms with Crippen LogP contribution in [0.15, 0.2) is 35.2 Å². The third kappa shape index (κ3) is 2.44. The van der Waals surface area contributed by atoms with Crippen molar-refractivity contribution in [2.45, 2.75) is 48.0 Å². The number of thioether (sulfide) groups is 1. The molecule has 98 valence electrons. The second-order valence-electron chi connectivity index (χ2n) is 5.26. The normalized spacial score (nSPS) is 30.7. The van der Waals surface area contributed by atoms with E-state index in [-0.39, 0.29) is 5.60 Å². The monoisotopic (exact) mass is 264 g/mol. The van der Waals surface area contributed by atoms with Crippen molar-refractivity contribution in [1.29, 1.82) is 0 Å². The topological polar surface area (TPSA) is 18.5 Å². The van der Waals surface area contributed by atoms with Crippen LogP contribution in [0.2, 0.25) is 0 Å². The van der Waals surface area contributed by atoms with Gasteiger partial charge in [0, 0.05) is 36.2 Å². The number of benzene rings is 1. The molecule has 2 aliphatic heterocycles. The predicted molar refractivity (Wildman–Crippen MR) is 74.0 cm³/mol. The van der Waals surface area contributed by atoms with E-state index in [1.54, 1.807) is 0 Å². The maximum Gasteiger partial charge on any atom is 0.0852 e. The second-order valence-corrected chi connectivity index (χ2v) is 6.54. The zero-order chi connectivity index (χ0) is 12.4. The molecule has 2 fully saturated rings. The van der Waals surface area contributed by atoms with Crippen molar-refractivity contribution in [3.63, 3.8) is 0 Å². The highest BCUT2D eigenvalue weighted by atomic mass is 32.2. The average molecular weight is 264 g/mol. The van der Waals surface area contributed by atoms with Gasteiger partial charge in [-0.05, 0) is 25.5 Å². The van der Waals surface area contributed by atoms with E-state index in [0.29, 0.717) is 11.4 Å². The van der Waals surface area contributed by atoms with Gasteiger partial charge in [-0.15, -0.1) is 11.8 Å². The van der Waals surface area contributed by atoms with Gasteiger partial charge in [0.1, 0.15) is 0 Å². The van der Waals surface area contributed by atoms with Crippen LogP contribution in [0.25, 0.3) is 0 Å². The fourth-order valence-electron chi connectivity index (χ4n) is 3.02. The van der Waals surface area contributed by atoms with Crippen LogP contribution in [0.5, 0.6) is 0 Å². The van der Waals surface area contributed by atoms with Crippen molar-refractivity contribution in [1.82, 2.24) is 0 Å². The minimum Gasteiger partial charge on any atom is -0.381 e. The Balaban J connectivity index is 1.77. The van der Waals surface area contributed by atoms with Crippen molar-refractivity contribution >= 4 is 11.8 Å². The van der Waals surface area contributed by atoms with E-state index < -0.39 is 0 Å². The van der Waals surface area contributed by atoms with Gasteiger partial charge in [0.05, 0.1) is 11.7 Å². The Morgan fingerprint density at radius 1 is 1.17 bits per heavy atom. The van der Waals surface area contributed by atoms with Crippen molar-refractivity contribution < 1.29 is 9.47 Å². The molecule has 0 saturated carbocycles. The molecule has 0 amide bonds. The first-order chi connectivity index (χ1) is 8.78. The largest absolute Gasteiger partial charge is 0.381 e. The molecule has 0 radical (unpaired) electrons. The quantitative estimate of drug-likeness (QED) is 0.814. The number of hydrogen-bond donors (Lipinski definition) is 0. The van der Waals surface area contributed by atoms with Gasteiger partial charge in [0.15, 0.2) is 0 Å². The maximum absolute atomic E-state index is 6.27. The molecule has 1 aromatic rings. The molecule has 2 nitrogen and oxygen atoms in total. The highest BCUT2D eigenvalue weighted by Crippen LogP contribution is 2.46. The Morgan fingerprint density at radius 2 is 1.89 bits per heavy atom. The van der Waals surface area contributed by atoms with Gasteiger partial charge in [0.2, 0.25) is 0 Å². The van der Waals surface area contributed by atoms with Gasteiger partial charge in [-0.2, -0.15) is 0 Å². The van der Waals surface area contributed by atoms with Crippen LogP contribution in [0, 0.1) is 0 Å². The van der Waals surface area contributed by atoms with E-state index in [1.807, 2.05) is 11.8 Å². The molecule has 18 heavy (non-hydrogen) atoms. The van der Waals surface area contributed by atoms with E-state index >= 15 is 0 Å². The molecular weight excluding hydrogens is 244 g/mol. The Labute approximate surface area is 113 Å². The first kappa shape index (κ1) is 12.5. The van der Waals surface area contributed by atoms with Gasteiger partial charge in [-0.25, -0.2) is 0 Å². The molecule has 3 rings (SSSR count). The summed E-state index contributed by atoms with van der Waals surface area (Å²) in [6.07, 6.45) is 3.62. The molecule has 0 aliphatic carbocycles. The van der Waals surface area contributed by atoms with E-state index in [4.69, 9.17) is 9.47 Å². The van der Waals surface area contributed by atoms with E-state index in [2.05, 4.69) is 37.3 Å². The van der Waals surface area contributed by atoms with Gasteiger partial charge >= 0.3 is 0 Å². The summed E-state index contributed by atoms with van der Waals surface area (Å²) in [5, 5.41) is 0.568. The van der Waals surface area contributed by atoms with Gasteiger partial charge in [-0.1, -0.05) is 18.2 Å².